The van der Waals surface area contributed by atoms with Gasteiger partial charge in [0.25, 0.3) is 0 Å². The molecule has 1 nitrogen and oxygen atoms in total. The van der Waals surface area contributed by atoms with Crippen molar-refractivity contribution in [3.8, 4) is 0 Å². The summed E-state index contributed by atoms with van der Waals surface area (Å²) in [6.45, 7) is 6.66. The lowest BCUT2D eigenvalue weighted by Crippen LogP contribution is -2.12. The molecule has 0 aromatic rings. The highest BCUT2D eigenvalue weighted by atomic mass is 16.1. The first kappa shape index (κ1) is 7.33. The van der Waals surface area contributed by atoms with Crippen LogP contribution < -0.4 is 0 Å². The van der Waals surface area contributed by atoms with Gasteiger partial charge >= 0.3 is 0 Å². The van der Waals surface area contributed by atoms with Crippen LogP contribution in [0.3, 0.4) is 0 Å². The SMILES string of the molecule is CC(C)C1C2CC(=O)C(C)C21. The van der Waals surface area contributed by atoms with Crippen LogP contribution >= 0.6 is 0 Å². The number of Topliss-reactive ketones (excluding diaryl/α,β-unsaturated/α-hetero) is 1. The van der Waals surface area contributed by atoms with Gasteiger partial charge in [0.2, 0.25) is 0 Å². The summed E-state index contributed by atoms with van der Waals surface area (Å²) in [6.07, 6.45) is 0.884. The van der Waals surface area contributed by atoms with Crippen LogP contribution in [0.5, 0.6) is 0 Å². The van der Waals surface area contributed by atoms with Gasteiger partial charge in [-0.3, -0.25) is 4.79 Å². The Morgan fingerprint density at radius 2 is 2.09 bits per heavy atom. The van der Waals surface area contributed by atoms with E-state index < -0.39 is 0 Å². The highest BCUT2D eigenvalue weighted by Crippen LogP contribution is 2.61. The molecule has 4 unspecified atom stereocenters. The molecular formula is C10H16O. The van der Waals surface area contributed by atoms with E-state index in [0.717, 1.165) is 30.1 Å². The van der Waals surface area contributed by atoms with Crippen LogP contribution in [0.4, 0.5) is 0 Å². The molecule has 0 amide bonds. The maximum atomic E-state index is 11.2. The normalized spacial score (nSPS) is 48.2. The number of carbonyl (C=O) groups excluding carboxylic acids is 1. The maximum absolute atomic E-state index is 11.2. The predicted octanol–water partition coefficient (Wildman–Crippen LogP) is 2.11. The van der Waals surface area contributed by atoms with Crippen LogP contribution in [0.15, 0.2) is 0 Å². The van der Waals surface area contributed by atoms with E-state index >= 15 is 0 Å². The lowest BCUT2D eigenvalue weighted by molar-refractivity contribution is -0.121. The van der Waals surface area contributed by atoms with Gasteiger partial charge in [-0.1, -0.05) is 20.8 Å². The molecule has 2 fully saturated rings. The van der Waals surface area contributed by atoms with Crippen molar-refractivity contribution >= 4 is 5.78 Å². The smallest absolute Gasteiger partial charge is 0.136 e. The summed E-state index contributed by atoms with van der Waals surface area (Å²) >= 11 is 0. The van der Waals surface area contributed by atoms with Gasteiger partial charge in [0.1, 0.15) is 5.78 Å². The molecule has 4 atom stereocenters. The molecule has 0 saturated heterocycles. The molecule has 2 saturated carbocycles. The Bertz CT molecular complexity index is 195. The average molecular weight is 152 g/mol. The van der Waals surface area contributed by atoms with E-state index in [1.54, 1.807) is 0 Å². The highest BCUT2D eigenvalue weighted by molar-refractivity contribution is 5.85. The zero-order valence-electron chi connectivity index (χ0n) is 7.50. The second-order valence-corrected chi connectivity index (χ2v) is 4.52. The minimum Gasteiger partial charge on any atom is -0.299 e. The van der Waals surface area contributed by atoms with Gasteiger partial charge in [0, 0.05) is 12.3 Å². The highest BCUT2D eigenvalue weighted by Gasteiger charge is 2.60. The zero-order valence-corrected chi connectivity index (χ0v) is 7.50. The van der Waals surface area contributed by atoms with Crippen LogP contribution in [0.1, 0.15) is 27.2 Å². The fourth-order valence-electron chi connectivity index (χ4n) is 2.98. The topological polar surface area (TPSA) is 17.1 Å². The number of hydrogen-bond donors (Lipinski definition) is 0. The molecule has 2 aliphatic carbocycles. The molecule has 0 radical (unpaired) electrons. The monoisotopic (exact) mass is 152 g/mol. The van der Waals surface area contributed by atoms with E-state index in [-0.39, 0.29) is 0 Å². The molecule has 2 aliphatic rings. The zero-order chi connectivity index (χ0) is 8.17. The van der Waals surface area contributed by atoms with Gasteiger partial charge in [-0.2, -0.15) is 0 Å². The van der Waals surface area contributed by atoms with Crippen molar-refractivity contribution in [1.82, 2.24) is 0 Å². The molecule has 62 valence electrons. The quantitative estimate of drug-likeness (QED) is 0.562. The van der Waals surface area contributed by atoms with E-state index in [2.05, 4.69) is 20.8 Å². The Balaban J connectivity index is 2.05. The Morgan fingerprint density at radius 1 is 1.45 bits per heavy atom. The molecule has 11 heavy (non-hydrogen) atoms. The summed E-state index contributed by atoms with van der Waals surface area (Å²) in [6, 6.07) is 0. The molecule has 1 heteroatoms. The number of fused-ring (bicyclic) bond motifs is 1. The van der Waals surface area contributed by atoms with E-state index in [1.807, 2.05) is 0 Å². The Kier molecular flexibility index (Phi) is 1.39. The summed E-state index contributed by atoms with van der Waals surface area (Å²) < 4.78 is 0. The molecule has 0 spiro atoms. The van der Waals surface area contributed by atoms with Gasteiger partial charge in [-0.05, 0) is 23.7 Å². The van der Waals surface area contributed by atoms with Gasteiger partial charge in [-0.25, -0.2) is 0 Å². The van der Waals surface area contributed by atoms with Crippen LogP contribution in [-0.4, -0.2) is 5.78 Å². The first-order valence-electron chi connectivity index (χ1n) is 4.65. The van der Waals surface area contributed by atoms with Gasteiger partial charge in [-0.15, -0.1) is 0 Å². The van der Waals surface area contributed by atoms with Gasteiger partial charge in [0.05, 0.1) is 0 Å². The second-order valence-electron chi connectivity index (χ2n) is 4.52. The third-order valence-corrected chi connectivity index (χ3v) is 3.58. The van der Waals surface area contributed by atoms with Crippen molar-refractivity contribution in [1.29, 1.82) is 0 Å². The summed E-state index contributed by atoms with van der Waals surface area (Å²) in [5.41, 5.74) is 0. The Hall–Kier alpha value is -0.330. The molecule has 0 bridgehead atoms. The fraction of sp³-hybridized carbons (Fsp3) is 0.900. The summed E-state index contributed by atoms with van der Waals surface area (Å²) in [4.78, 5) is 11.2. The van der Waals surface area contributed by atoms with Crippen molar-refractivity contribution in [3.63, 3.8) is 0 Å². The van der Waals surface area contributed by atoms with Crippen molar-refractivity contribution < 1.29 is 4.79 Å². The molecule has 2 rings (SSSR count). The van der Waals surface area contributed by atoms with Crippen LogP contribution in [-0.2, 0) is 4.79 Å². The number of rotatable bonds is 1. The third kappa shape index (κ3) is 0.863. The minimum atomic E-state index is 0.382. The van der Waals surface area contributed by atoms with E-state index in [9.17, 15) is 4.79 Å². The van der Waals surface area contributed by atoms with E-state index in [0.29, 0.717) is 11.7 Å². The molecule has 0 heterocycles. The van der Waals surface area contributed by atoms with Crippen molar-refractivity contribution in [2.45, 2.75) is 27.2 Å². The van der Waals surface area contributed by atoms with E-state index in [1.165, 1.54) is 0 Å². The molecule has 0 aliphatic heterocycles. The lowest BCUT2D eigenvalue weighted by atomic mass is 9.95. The third-order valence-electron chi connectivity index (χ3n) is 3.58. The Morgan fingerprint density at radius 3 is 2.45 bits per heavy atom. The molecule has 0 aromatic carbocycles. The number of carbonyl (C=O) groups is 1. The summed E-state index contributed by atoms with van der Waals surface area (Å²) in [5.74, 6) is 4.10. The first-order chi connectivity index (χ1) is 5.13. The molecular weight excluding hydrogens is 136 g/mol. The predicted molar refractivity (Wildman–Crippen MR) is 44.1 cm³/mol. The van der Waals surface area contributed by atoms with Crippen LogP contribution in [0.2, 0.25) is 0 Å². The van der Waals surface area contributed by atoms with Crippen LogP contribution in [0.25, 0.3) is 0 Å². The summed E-state index contributed by atoms with van der Waals surface area (Å²) in [7, 11) is 0. The van der Waals surface area contributed by atoms with Crippen molar-refractivity contribution in [3.05, 3.63) is 0 Å². The first-order valence-corrected chi connectivity index (χ1v) is 4.65. The average Bonchev–Trinajstić information content (AvgIpc) is 2.54. The summed E-state index contributed by atoms with van der Waals surface area (Å²) in [5, 5.41) is 0. The van der Waals surface area contributed by atoms with Crippen LogP contribution in [0, 0.1) is 29.6 Å². The molecule has 0 N–H and O–H groups in total. The maximum Gasteiger partial charge on any atom is 0.136 e. The second kappa shape index (κ2) is 2.09. The number of ketones is 1. The molecule has 0 aromatic heterocycles. The van der Waals surface area contributed by atoms with E-state index in [4.69, 9.17) is 0 Å². The fourth-order valence-corrected chi connectivity index (χ4v) is 2.98. The largest absolute Gasteiger partial charge is 0.299 e. The van der Waals surface area contributed by atoms with Crippen molar-refractivity contribution in [2.75, 3.05) is 0 Å². The standard InChI is InChI=1S/C10H16O/c1-5(2)9-7-4-8(11)6(3)10(7)9/h5-7,9-10H,4H2,1-3H3. The van der Waals surface area contributed by atoms with Gasteiger partial charge < -0.3 is 0 Å². The van der Waals surface area contributed by atoms with Gasteiger partial charge in [0.15, 0.2) is 0 Å². The lowest BCUT2D eigenvalue weighted by Gasteiger charge is -2.09. The minimum absolute atomic E-state index is 0.382. The Labute approximate surface area is 68.2 Å². The number of hydrogen-bond acceptors (Lipinski definition) is 1. The van der Waals surface area contributed by atoms with Crippen molar-refractivity contribution in [2.24, 2.45) is 29.6 Å².